The Morgan fingerprint density at radius 1 is 1.00 bits per heavy atom. The Morgan fingerprint density at radius 3 is 2.06 bits per heavy atom. The number of hydrogen-bond acceptors (Lipinski definition) is 3. The van der Waals surface area contributed by atoms with E-state index in [9.17, 15) is 0 Å². The Kier molecular flexibility index (Phi) is 6.76. The van der Waals surface area contributed by atoms with Crippen LogP contribution in [0.4, 0.5) is 5.69 Å². The number of benzene rings is 1. The molecule has 2 rings (SSSR count). The molecule has 0 unspecified atom stereocenters. The summed E-state index contributed by atoms with van der Waals surface area (Å²) >= 11 is 0. The van der Waals surface area contributed by atoms with Crippen LogP contribution in [0.15, 0.2) is 24.3 Å². The van der Waals surface area contributed by atoms with Crippen molar-refractivity contribution in [2.75, 3.05) is 45.6 Å². The summed E-state index contributed by atoms with van der Waals surface area (Å²) in [7, 11) is 4.15. The van der Waals surface area contributed by atoms with Crippen molar-refractivity contribution >= 4 is 5.69 Å². The van der Waals surface area contributed by atoms with Crippen LogP contribution < -0.4 is 5.32 Å². The lowest BCUT2D eigenvalue weighted by atomic mass is 10.2. The molecule has 1 saturated heterocycles. The van der Waals surface area contributed by atoms with Gasteiger partial charge in [-0.1, -0.05) is 26.0 Å². The third kappa shape index (κ3) is 4.67. The van der Waals surface area contributed by atoms with E-state index >= 15 is 0 Å². The molecule has 3 heteroatoms. The van der Waals surface area contributed by atoms with Crippen LogP contribution in [-0.2, 0) is 6.54 Å². The summed E-state index contributed by atoms with van der Waals surface area (Å²) in [5.41, 5.74) is 2.59. The highest BCUT2D eigenvalue weighted by Crippen LogP contribution is 2.11. The molecule has 0 amide bonds. The van der Waals surface area contributed by atoms with Gasteiger partial charge in [-0.25, -0.2) is 0 Å². The van der Waals surface area contributed by atoms with Crippen molar-refractivity contribution in [3.63, 3.8) is 0 Å². The minimum atomic E-state index is 1.08. The van der Waals surface area contributed by atoms with Gasteiger partial charge in [0.15, 0.2) is 0 Å². The SMILES string of the molecule is CC.CNc1ccc(CN2CCN(C)CC2)cc1. The first-order valence-electron chi connectivity index (χ1n) is 6.95. The van der Waals surface area contributed by atoms with Crippen molar-refractivity contribution < 1.29 is 0 Å². The van der Waals surface area contributed by atoms with Crippen LogP contribution in [0.5, 0.6) is 0 Å². The number of nitrogens with one attached hydrogen (secondary N) is 1. The van der Waals surface area contributed by atoms with E-state index in [1.807, 2.05) is 20.9 Å². The summed E-state index contributed by atoms with van der Waals surface area (Å²) in [6.07, 6.45) is 0. The maximum absolute atomic E-state index is 3.14. The van der Waals surface area contributed by atoms with Gasteiger partial charge in [0.05, 0.1) is 0 Å². The molecule has 0 radical (unpaired) electrons. The Morgan fingerprint density at radius 2 is 1.56 bits per heavy atom. The van der Waals surface area contributed by atoms with Crippen LogP contribution in [0, 0.1) is 0 Å². The molecule has 1 aliphatic rings. The largest absolute Gasteiger partial charge is 0.388 e. The summed E-state index contributed by atoms with van der Waals surface area (Å²) in [6, 6.07) is 8.71. The van der Waals surface area contributed by atoms with Crippen LogP contribution in [0.3, 0.4) is 0 Å². The van der Waals surface area contributed by atoms with Gasteiger partial charge >= 0.3 is 0 Å². The van der Waals surface area contributed by atoms with Crippen LogP contribution in [-0.4, -0.2) is 50.1 Å². The standard InChI is InChI=1S/C13H21N3.C2H6/c1-14-13-5-3-12(4-6-13)11-16-9-7-15(2)8-10-16;1-2/h3-6,14H,7-11H2,1-2H3;1-2H3. The molecule has 1 aromatic carbocycles. The molecule has 1 aromatic rings. The predicted molar refractivity (Wildman–Crippen MR) is 80.1 cm³/mol. The quantitative estimate of drug-likeness (QED) is 0.888. The molecule has 3 nitrogen and oxygen atoms in total. The minimum Gasteiger partial charge on any atom is -0.388 e. The molecule has 0 aliphatic carbocycles. The molecular formula is C15H27N3. The van der Waals surface area contributed by atoms with E-state index in [2.05, 4.69) is 46.4 Å². The third-order valence-electron chi connectivity index (χ3n) is 3.24. The van der Waals surface area contributed by atoms with E-state index in [0.717, 1.165) is 6.54 Å². The number of rotatable bonds is 3. The zero-order chi connectivity index (χ0) is 13.4. The van der Waals surface area contributed by atoms with Crippen LogP contribution in [0.2, 0.25) is 0 Å². The maximum atomic E-state index is 3.14. The lowest BCUT2D eigenvalue weighted by Crippen LogP contribution is -2.43. The summed E-state index contributed by atoms with van der Waals surface area (Å²) in [4.78, 5) is 4.91. The molecule has 0 aromatic heterocycles. The minimum absolute atomic E-state index is 1.08. The number of piperazine rings is 1. The highest BCUT2D eigenvalue weighted by atomic mass is 15.2. The first-order chi connectivity index (χ1) is 8.78. The van der Waals surface area contributed by atoms with Crippen LogP contribution in [0.1, 0.15) is 19.4 Å². The van der Waals surface area contributed by atoms with Gasteiger partial charge in [-0.2, -0.15) is 0 Å². The van der Waals surface area contributed by atoms with Gasteiger partial charge in [-0.3, -0.25) is 4.90 Å². The number of anilines is 1. The Hall–Kier alpha value is -1.06. The fourth-order valence-electron chi connectivity index (χ4n) is 2.04. The molecule has 18 heavy (non-hydrogen) atoms. The van der Waals surface area contributed by atoms with Crippen molar-refractivity contribution in [1.29, 1.82) is 0 Å². The van der Waals surface area contributed by atoms with Crippen molar-refractivity contribution in [3.8, 4) is 0 Å². The average molecular weight is 249 g/mol. The van der Waals surface area contributed by atoms with Crippen molar-refractivity contribution in [2.45, 2.75) is 20.4 Å². The van der Waals surface area contributed by atoms with E-state index in [1.54, 1.807) is 0 Å². The smallest absolute Gasteiger partial charge is 0.0337 e. The monoisotopic (exact) mass is 249 g/mol. The normalized spacial score (nSPS) is 16.9. The van der Waals surface area contributed by atoms with Crippen molar-refractivity contribution in [1.82, 2.24) is 9.80 Å². The zero-order valence-electron chi connectivity index (χ0n) is 12.2. The first-order valence-corrected chi connectivity index (χ1v) is 6.95. The molecule has 0 saturated carbocycles. The third-order valence-corrected chi connectivity index (χ3v) is 3.24. The molecule has 1 N–H and O–H groups in total. The highest BCUT2D eigenvalue weighted by molar-refractivity contribution is 5.43. The number of nitrogens with zero attached hydrogens (tertiary/aromatic N) is 2. The molecule has 1 heterocycles. The second-order valence-corrected chi connectivity index (χ2v) is 4.53. The molecular weight excluding hydrogens is 222 g/mol. The summed E-state index contributed by atoms with van der Waals surface area (Å²) in [5, 5.41) is 3.14. The summed E-state index contributed by atoms with van der Waals surface area (Å²) in [6.45, 7) is 9.83. The van der Waals surface area contributed by atoms with Gasteiger partial charge < -0.3 is 10.2 Å². The van der Waals surface area contributed by atoms with Gasteiger partial charge in [0.1, 0.15) is 0 Å². The number of likely N-dealkylation sites (N-methyl/N-ethyl adjacent to an activating group) is 1. The average Bonchev–Trinajstić information content (AvgIpc) is 2.44. The summed E-state index contributed by atoms with van der Waals surface area (Å²) in [5.74, 6) is 0. The lowest BCUT2D eigenvalue weighted by Gasteiger charge is -2.32. The zero-order valence-corrected chi connectivity index (χ0v) is 12.2. The Balaban J connectivity index is 0.000000771. The van der Waals surface area contributed by atoms with E-state index in [0.29, 0.717) is 0 Å². The van der Waals surface area contributed by atoms with Gasteiger partial charge in [-0.15, -0.1) is 0 Å². The van der Waals surface area contributed by atoms with E-state index in [4.69, 9.17) is 0 Å². The maximum Gasteiger partial charge on any atom is 0.0337 e. The van der Waals surface area contributed by atoms with Crippen LogP contribution >= 0.6 is 0 Å². The fraction of sp³-hybridized carbons (Fsp3) is 0.600. The Bertz CT molecular complexity index is 313. The molecule has 1 aliphatic heterocycles. The summed E-state index contributed by atoms with van der Waals surface area (Å²) < 4.78 is 0. The fourth-order valence-corrected chi connectivity index (χ4v) is 2.04. The van der Waals surface area contributed by atoms with E-state index in [1.165, 1.54) is 37.4 Å². The molecule has 0 bridgehead atoms. The van der Waals surface area contributed by atoms with E-state index < -0.39 is 0 Å². The van der Waals surface area contributed by atoms with Crippen molar-refractivity contribution in [3.05, 3.63) is 29.8 Å². The second kappa shape index (κ2) is 8.11. The molecule has 0 atom stereocenters. The molecule has 0 spiro atoms. The van der Waals surface area contributed by atoms with Gasteiger partial charge in [0.25, 0.3) is 0 Å². The van der Waals surface area contributed by atoms with Gasteiger partial charge in [0.2, 0.25) is 0 Å². The molecule has 1 fully saturated rings. The Labute approximate surface area is 112 Å². The number of hydrogen-bond donors (Lipinski definition) is 1. The highest BCUT2D eigenvalue weighted by Gasteiger charge is 2.13. The van der Waals surface area contributed by atoms with Crippen molar-refractivity contribution in [2.24, 2.45) is 0 Å². The first kappa shape index (κ1) is 15.0. The molecule has 102 valence electrons. The van der Waals surface area contributed by atoms with E-state index in [-0.39, 0.29) is 0 Å². The lowest BCUT2D eigenvalue weighted by molar-refractivity contribution is 0.148. The van der Waals surface area contributed by atoms with Gasteiger partial charge in [-0.05, 0) is 24.7 Å². The predicted octanol–water partition coefficient (Wildman–Crippen LogP) is 2.50. The topological polar surface area (TPSA) is 18.5 Å². The van der Waals surface area contributed by atoms with Gasteiger partial charge in [0, 0.05) is 45.5 Å². The second-order valence-electron chi connectivity index (χ2n) is 4.53. The van der Waals surface area contributed by atoms with Crippen LogP contribution in [0.25, 0.3) is 0 Å².